The molecule has 3 N–H and O–H groups in total. The quantitative estimate of drug-likeness (QED) is 0.797. The molecule has 0 bridgehead atoms. The van der Waals surface area contributed by atoms with Crippen molar-refractivity contribution >= 4 is 5.91 Å². The molecule has 23 heavy (non-hydrogen) atoms. The average Bonchev–Trinajstić information content (AvgIpc) is 3.08. The molecule has 1 amide bonds. The van der Waals surface area contributed by atoms with Crippen LogP contribution in [0.15, 0.2) is 40.8 Å². The number of rotatable bonds is 4. The van der Waals surface area contributed by atoms with Gasteiger partial charge in [-0.25, -0.2) is 0 Å². The Morgan fingerprint density at radius 1 is 1.26 bits per heavy atom. The second-order valence-corrected chi connectivity index (χ2v) is 6.52. The molecule has 1 aromatic heterocycles. The molecule has 0 saturated heterocycles. The van der Waals surface area contributed by atoms with Gasteiger partial charge in [0.1, 0.15) is 17.1 Å². The molecule has 0 saturated carbocycles. The summed E-state index contributed by atoms with van der Waals surface area (Å²) >= 11 is 0. The van der Waals surface area contributed by atoms with Gasteiger partial charge in [0.25, 0.3) is 5.91 Å². The third-order valence-corrected chi connectivity index (χ3v) is 4.37. The van der Waals surface area contributed by atoms with Gasteiger partial charge in [0.05, 0.1) is 6.54 Å². The first-order valence-corrected chi connectivity index (χ1v) is 7.67. The summed E-state index contributed by atoms with van der Waals surface area (Å²) in [5, 5.41) is 23.7. The molecule has 0 spiro atoms. The second-order valence-electron chi connectivity index (χ2n) is 6.52. The molecule has 122 valence electrons. The van der Waals surface area contributed by atoms with E-state index in [-0.39, 0.29) is 19.4 Å². The first-order chi connectivity index (χ1) is 10.8. The number of carbonyl (C=O) groups is 1. The minimum atomic E-state index is -1.46. The Bertz CT molecular complexity index is 707. The van der Waals surface area contributed by atoms with Gasteiger partial charge in [-0.05, 0) is 37.1 Å². The number of nitrogens with one attached hydrogen (secondary N) is 1. The molecule has 0 radical (unpaired) electrons. The van der Waals surface area contributed by atoms with Gasteiger partial charge in [-0.2, -0.15) is 0 Å². The van der Waals surface area contributed by atoms with Gasteiger partial charge >= 0.3 is 0 Å². The number of hydrogen-bond donors (Lipinski definition) is 3. The summed E-state index contributed by atoms with van der Waals surface area (Å²) in [6, 6.07) is 11.1. The van der Waals surface area contributed by atoms with Gasteiger partial charge in [0.2, 0.25) is 0 Å². The Hall–Kier alpha value is -2.11. The number of aryl methyl sites for hydroxylation is 1. The monoisotopic (exact) mass is 315 g/mol. The summed E-state index contributed by atoms with van der Waals surface area (Å²) in [7, 11) is 0. The van der Waals surface area contributed by atoms with Crippen LogP contribution in [0.2, 0.25) is 0 Å². The summed E-state index contributed by atoms with van der Waals surface area (Å²) in [5.74, 6) is 0.603. The molecule has 0 unspecified atom stereocenters. The van der Waals surface area contributed by atoms with Crippen LogP contribution in [0, 0.1) is 6.92 Å². The predicted molar refractivity (Wildman–Crippen MR) is 84.8 cm³/mol. The van der Waals surface area contributed by atoms with Gasteiger partial charge in [-0.15, -0.1) is 0 Å². The van der Waals surface area contributed by atoms with E-state index in [0.29, 0.717) is 11.5 Å². The molecule has 1 atom stereocenters. The van der Waals surface area contributed by atoms with Crippen molar-refractivity contribution < 1.29 is 19.4 Å². The fraction of sp³-hybridized carbons (Fsp3) is 0.389. The third-order valence-electron chi connectivity index (χ3n) is 4.37. The molecule has 1 aliphatic carbocycles. The lowest BCUT2D eigenvalue weighted by Crippen LogP contribution is -2.51. The Labute approximate surface area is 134 Å². The maximum atomic E-state index is 12.4. The van der Waals surface area contributed by atoms with Crippen molar-refractivity contribution in [2.75, 3.05) is 6.54 Å². The molecule has 1 aliphatic rings. The Morgan fingerprint density at radius 2 is 1.87 bits per heavy atom. The lowest BCUT2D eigenvalue weighted by Gasteiger charge is -2.26. The fourth-order valence-electron chi connectivity index (χ4n) is 2.98. The third kappa shape index (κ3) is 3.02. The zero-order chi connectivity index (χ0) is 16.7. The Morgan fingerprint density at radius 3 is 2.39 bits per heavy atom. The normalized spacial score (nSPS) is 18.3. The zero-order valence-electron chi connectivity index (χ0n) is 13.3. The average molecular weight is 315 g/mol. The number of fused-ring (bicyclic) bond motifs is 1. The molecule has 5 heteroatoms. The first kappa shape index (κ1) is 15.8. The summed E-state index contributed by atoms with van der Waals surface area (Å²) in [5.41, 5.74) is -0.818. The van der Waals surface area contributed by atoms with E-state index in [9.17, 15) is 15.0 Å². The van der Waals surface area contributed by atoms with Crippen molar-refractivity contribution in [3.05, 3.63) is 59.0 Å². The van der Waals surface area contributed by atoms with Crippen LogP contribution in [0.4, 0.5) is 0 Å². The maximum Gasteiger partial charge on any atom is 0.252 e. The largest absolute Gasteiger partial charge is 0.463 e. The standard InChI is InChI=1S/C18H21NO4/c1-12-7-8-15(23-12)17(2,21)11-19-16(20)18(22)9-13-5-3-4-6-14(13)10-18/h3-8,21-22H,9-11H2,1-2H3,(H,19,20)/t17-/m0/s1. The molecular formula is C18H21NO4. The Balaban J connectivity index is 1.66. The number of amides is 1. The lowest BCUT2D eigenvalue weighted by atomic mass is 9.98. The first-order valence-electron chi connectivity index (χ1n) is 7.67. The minimum absolute atomic E-state index is 0.0303. The molecular weight excluding hydrogens is 294 g/mol. The highest BCUT2D eigenvalue weighted by molar-refractivity contribution is 5.86. The minimum Gasteiger partial charge on any atom is -0.463 e. The molecule has 0 aliphatic heterocycles. The topological polar surface area (TPSA) is 82.7 Å². The summed E-state index contributed by atoms with van der Waals surface area (Å²) < 4.78 is 5.42. The van der Waals surface area contributed by atoms with E-state index in [1.165, 1.54) is 0 Å². The van der Waals surface area contributed by atoms with Gasteiger partial charge in [0.15, 0.2) is 5.60 Å². The molecule has 5 nitrogen and oxygen atoms in total. The smallest absolute Gasteiger partial charge is 0.252 e. The van der Waals surface area contributed by atoms with Crippen LogP contribution < -0.4 is 5.32 Å². The van der Waals surface area contributed by atoms with Crippen molar-refractivity contribution in [3.8, 4) is 0 Å². The summed E-state index contributed by atoms with van der Waals surface area (Å²) in [6.07, 6.45) is 0.577. The van der Waals surface area contributed by atoms with Crippen LogP contribution >= 0.6 is 0 Å². The van der Waals surface area contributed by atoms with Crippen molar-refractivity contribution in [2.45, 2.75) is 37.9 Å². The van der Waals surface area contributed by atoms with Crippen LogP contribution in [0.25, 0.3) is 0 Å². The van der Waals surface area contributed by atoms with E-state index < -0.39 is 17.1 Å². The SMILES string of the molecule is Cc1ccc([C@@](C)(O)CNC(=O)C2(O)Cc3ccccc3C2)o1. The van der Waals surface area contributed by atoms with E-state index in [4.69, 9.17) is 4.42 Å². The van der Waals surface area contributed by atoms with Crippen LogP contribution in [0.3, 0.4) is 0 Å². The summed E-state index contributed by atoms with van der Waals surface area (Å²) in [4.78, 5) is 12.4. The van der Waals surface area contributed by atoms with Gasteiger partial charge in [-0.1, -0.05) is 24.3 Å². The number of carbonyl (C=O) groups excluding carboxylic acids is 1. The highest BCUT2D eigenvalue weighted by Gasteiger charge is 2.42. The van der Waals surface area contributed by atoms with Crippen molar-refractivity contribution in [1.29, 1.82) is 0 Å². The number of furan rings is 1. The van der Waals surface area contributed by atoms with Gasteiger partial charge < -0.3 is 19.9 Å². The Kier molecular flexibility index (Phi) is 3.78. The van der Waals surface area contributed by atoms with E-state index in [1.807, 2.05) is 24.3 Å². The van der Waals surface area contributed by atoms with E-state index >= 15 is 0 Å². The zero-order valence-corrected chi connectivity index (χ0v) is 13.3. The van der Waals surface area contributed by atoms with Crippen LogP contribution in [0.1, 0.15) is 29.6 Å². The second kappa shape index (κ2) is 5.51. The fourth-order valence-corrected chi connectivity index (χ4v) is 2.98. The van der Waals surface area contributed by atoms with Crippen LogP contribution in [-0.4, -0.2) is 28.3 Å². The van der Waals surface area contributed by atoms with Crippen molar-refractivity contribution in [2.24, 2.45) is 0 Å². The van der Waals surface area contributed by atoms with Crippen molar-refractivity contribution in [3.63, 3.8) is 0 Å². The molecule has 1 heterocycles. The summed E-state index contributed by atoms with van der Waals surface area (Å²) in [6.45, 7) is 3.33. The number of benzene rings is 1. The van der Waals surface area contributed by atoms with E-state index in [2.05, 4.69) is 5.32 Å². The molecule has 2 aromatic rings. The van der Waals surface area contributed by atoms with Crippen molar-refractivity contribution in [1.82, 2.24) is 5.32 Å². The maximum absolute atomic E-state index is 12.4. The highest BCUT2D eigenvalue weighted by Crippen LogP contribution is 2.30. The number of aliphatic hydroxyl groups is 2. The molecule has 0 fully saturated rings. The van der Waals surface area contributed by atoms with Gasteiger partial charge in [0, 0.05) is 12.8 Å². The molecule has 3 rings (SSSR count). The van der Waals surface area contributed by atoms with Crippen LogP contribution in [-0.2, 0) is 23.2 Å². The number of hydrogen-bond acceptors (Lipinski definition) is 4. The highest BCUT2D eigenvalue weighted by atomic mass is 16.4. The molecule has 1 aromatic carbocycles. The van der Waals surface area contributed by atoms with E-state index in [1.54, 1.807) is 26.0 Å². The van der Waals surface area contributed by atoms with Gasteiger partial charge in [-0.3, -0.25) is 4.79 Å². The lowest BCUT2D eigenvalue weighted by molar-refractivity contribution is -0.140. The predicted octanol–water partition coefficient (Wildman–Crippen LogP) is 1.44. The van der Waals surface area contributed by atoms with E-state index in [0.717, 1.165) is 11.1 Å². The van der Waals surface area contributed by atoms with Crippen LogP contribution in [0.5, 0.6) is 0 Å².